The largest absolute Gasteiger partial charge is 0.326 e. The lowest BCUT2D eigenvalue weighted by Gasteiger charge is -2.30. The first kappa shape index (κ1) is 22.3. The highest BCUT2D eigenvalue weighted by molar-refractivity contribution is 7.89. The summed E-state index contributed by atoms with van der Waals surface area (Å²) in [7, 11) is -3.56. The minimum absolute atomic E-state index is 0.198. The van der Waals surface area contributed by atoms with Gasteiger partial charge in [0, 0.05) is 31.6 Å². The van der Waals surface area contributed by atoms with Crippen LogP contribution < -0.4 is 10.6 Å². The van der Waals surface area contributed by atoms with Crippen molar-refractivity contribution in [2.24, 2.45) is 5.92 Å². The Morgan fingerprint density at radius 3 is 2.23 bits per heavy atom. The molecule has 1 aliphatic heterocycles. The van der Waals surface area contributed by atoms with Gasteiger partial charge in [-0.25, -0.2) is 8.42 Å². The number of carbonyl (C=O) groups excluding carboxylic acids is 2. The van der Waals surface area contributed by atoms with E-state index in [2.05, 4.69) is 10.6 Å². The quantitative estimate of drug-likeness (QED) is 0.728. The van der Waals surface area contributed by atoms with E-state index >= 15 is 0 Å². The van der Waals surface area contributed by atoms with Crippen LogP contribution in [0.4, 0.5) is 11.4 Å². The van der Waals surface area contributed by atoms with Gasteiger partial charge in [-0.2, -0.15) is 4.31 Å². The summed E-state index contributed by atoms with van der Waals surface area (Å²) < 4.78 is 27.0. The van der Waals surface area contributed by atoms with Gasteiger partial charge in [0.05, 0.1) is 15.6 Å². The molecule has 3 rings (SSSR count). The highest BCUT2D eigenvalue weighted by atomic mass is 35.5. The fourth-order valence-electron chi connectivity index (χ4n) is 3.35. The maximum absolute atomic E-state index is 12.8. The fourth-order valence-corrected chi connectivity index (χ4v) is 5.05. The van der Waals surface area contributed by atoms with E-state index in [0.29, 0.717) is 29.2 Å². The Balaban J connectivity index is 1.60. The molecule has 0 aromatic heterocycles. The lowest BCUT2D eigenvalue weighted by Crippen LogP contribution is -2.41. The predicted molar refractivity (Wildman–Crippen MR) is 117 cm³/mol. The van der Waals surface area contributed by atoms with Crippen molar-refractivity contribution < 1.29 is 18.0 Å². The highest BCUT2D eigenvalue weighted by Gasteiger charge is 2.32. The molecule has 1 saturated heterocycles. The van der Waals surface area contributed by atoms with Crippen LogP contribution in [0, 0.1) is 12.8 Å². The molecule has 2 N–H and O–H groups in total. The molecule has 2 aromatic carbocycles. The minimum atomic E-state index is -3.56. The molecule has 0 unspecified atom stereocenters. The van der Waals surface area contributed by atoms with Crippen LogP contribution in [-0.2, 0) is 19.6 Å². The number of hydrogen-bond acceptors (Lipinski definition) is 4. The van der Waals surface area contributed by atoms with Gasteiger partial charge in [-0.3, -0.25) is 9.59 Å². The van der Waals surface area contributed by atoms with E-state index in [-0.39, 0.29) is 35.7 Å². The maximum atomic E-state index is 12.8. The van der Waals surface area contributed by atoms with Gasteiger partial charge in [-0.05, 0) is 50.1 Å². The van der Waals surface area contributed by atoms with Crippen molar-refractivity contribution in [2.45, 2.75) is 31.6 Å². The number of piperidine rings is 1. The van der Waals surface area contributed by atoms with Crippen LogP contribution in [0.3, 0.4) is 0 Å². The molecule has 0 radical (unpaired) electrons. The zero-order valence-corrected chi connectivity index (χ0v) is 18.4. The van der Waals surface area contributed by atoms with E-state index in [0.717, 1.165) is 5.56 Å². The van der Waals surface area contributed by atoms with Crippen LogP contribution in [0.5, 0.6) is 0 Å². The second kappa shape index (κ2) is 9.16. The molecule has 1 aliphatic rings. The Kier molecular flexibility index (Phi) is 6.80. The predicted octanol–water partition coefficient (Wildman–Crippen LogP) is 3.65. The van der Waals surface area contributed by atoms with Crippen molar-refractivity contribution >= 4 is 44.8 Å². The van der Waals surface area contributed by atoms with Crippen molar-refractivity contribution in [3.63, 3.8) is 0 Å². The Bertz CT molecular complexity index is 1050. The number of benzene rings is 2. The molecule has 1 fully saturated rings. The summed E-state index contributed by atoms with van der Waals surface area (Å²) in [4.78, 5) is 24.0. The summed E-state index contributed by atoms with van der Waals surface area (Å²) >= 11 is 6.20. The molecule has 30 heavy (non-hydrogen) atoms. The molecule has 2 amide bonds. The molecule has 2 aromatic rings. The van der Waals surface area contributed by atoms with Crippen molar-refractivity contribution in [2.75, 3.05) is 23.7 Å². The number of nitrogens with zero attached hydrogens (tertiary/aromatic N) is 1. The number of hydrogen-bond donors (Lipinski definition) is 2. The first-order chi connectivity index (χ1) is 14.2. The molecule has 0 aliphatic carbocycles. The summed E-state index contributed by atoms with van der Waals surface area (Å²) in [5.74, 6) is -0.715. The van der Waals surface area contributed by atoms with Gasteiger partial charge in [0.25, 0.3) is 0 Å². The standard InChI is InChI=1S/C21H24ClN3O4S/c1-14-3-6-18(7-4-14)30(28,29)25-11-9-16(10-12-25)21(27)24-20-8-5-17(13-19(20)22)23-15(2)26/h3-8,13,16H,9-12H2,1-2H3,(H,23,26)(H,24,27). The number of anilines is 2. The normalized spacial score (nSPS) is 15.6. The van der Waals surface area contributed by atoms with E-state index in [4.69, 9.17) is 11.6 Å². The number of carbonyl (C=O) groups is 2. The molecule has 0 saturated carbocycles. The molecule has 0 bridgehead atoms. The van der Waals surface area contributed by atoms with Gasteiger partial charge in [0.1, 0.15) is 0 Å². The molecule has 160 valence electrons. The summed E-state index contributed by atoms with van der Waals surface area (Å²) in [5.41, 5.74) is 1.98. The Morgan fingerprint density at radius 2 is 1.67 bits per heavy atom. The molecular weight excluding hydrogens is 426 g/mol. The molecular formula is C21H24ClN3O4S. The fraction of sp³-hybridized carbons (Fsp3) is 0.333. The monoisotopic (exact) mass is 449 g/mol. The van der Waals surface area contributed by atoms with Gasteiger partial charge in [-0.15, -0.1) is 0 Å². The van der Waals surface area contributed by atoms with Crippen molar-refractivity contribution in [3.8, 4) is 0 Å². The number of aryl methyl sites for hydroxylation is 1. The number of rotatable bonds is 5. The van der Waals surface area contributed by atoms with Crippen molar-refractivity contribution in [1.29, 1.82) is 0 Å². The summed E-state index contributed by atoms with van der Waals surface area (Å²) in [6.07, 6.45) is 0.858. The zero-order chi connectivity index (χ0) is 21.9. The van der Waals surface area contributed by atoms with E-state index in [1.807, 2.05) is 6.92 Å². The first-order valence-corrected chi connectivity index (χ1v) is 11.4. The Morgan fingerprint density at radius 1 is 1.03 bits per heavy atom. The topological polar surface area (TPSA) is 95.6 Å². The number of halogens is 1. The van der Waals surface area contributed by atoms with E-state index in [1.165, 1.54) is 11.2 Å². The average Bonchev–Trinajstić information content (AvgIpc) is 2.70. The third-order valence-corrected chi connectivity index (χ3v) is 7.26. The number of sulfonamides is 1. The number of amides is 2. The van der Waals surface area contributed by atoms with E-state index in [9.17, 15) is 18.0 Å². The maximum Gasteiger partial charge on any atom is 0.243 e. The van der Waals surface area contributed by atoms with Gasteiger partial charge in [0.15, 0.2) is 0 Å². The van der Waals surface area contributed by atoms with Crippen LogP contribution in [0.25, 0.3) is 0 Å². The molecule has 0 spiro atoms. The SMILES string of the molecule is CC(=O)Nc1ccc(NC(=O)C2CCN(S(=O)(=O)c3ccc(C)cc3)CC2)c(Cl)c1. The summed E-state index contributed by atoms with van der Waals surface area (Å²) in [6.45, 7) is 3.86. The molecule has 7 nitrogen and oxygen atoms in total. The van der Waals surface area contributed by atoms with Gasteiger partial charge < -0.3 is 10.6 Å². The molecule has 9 heteroatoms. The van der Waals surface area contributed by atoms with Crippen molar-refractivity contribution in [1.82, 2.24) is 4.31 Å². The van der Waals surface area contributed by atoms with Crippen LogP contribution >= 0.6 is 11.6 Å². The van der Waals surface area contributed by atoms with Crippen molar-refractivity contribution in [3.05, 3.63) is 53.1 Å². The Hall–Kier alpha value is -2.42. The van der Waals surface area contributed by atoms with E-state index in [1.54, 1.807) is 42.5 Å². The van der Waals surface area contributed by atoms with Crippen LogP contribution in [0.2, 0.25) is 5.02 Å². The summed E-state index contributed by atoms with van der Waals surface area (Å²) in [5, 5.41) is 5.74. The average molecular weight is 450 g/mol. The second-order valence-corrected chi connectivity index (χ2v) is 9.70. The third kappa shape index (κ3) is 5.19. The van der Waals surface area contributed by atoms with Gasteiger partial charge in [0.2, 0.25) is 21.8 Å². The third-order valence-electron chi connectivity index (χ3n) is 5.03. The van der Waals surface area contributed by atoms with Gasteiger partial charge >= 0.3 is 0 Å². The van der Waals surface area contributed by atoms with Crippen LogP contribution in [0.15, 0.2) is 47.4 Å². The summed E-state index contributed by atoms with van der Waals surface area (Å²) in [6, 6.07) is 11.6. The Labute approximate surface area is 181 Å². The van der Waals surface area contributed by atoms with E-state index < -0.39 is 10.0 Å². The molecule has 1 heterocycles. The molecule has 0 atom stereocenters. The van der Waals surface area contributed by atoms with Crippen LogP contribution in [-0.4, -0.2) is 37.6 Å². The van der Waals surface area contributed by atoms with Gasteiger partial charge in [-0.1, -0.05) is 29.3 Å². The second-order valence-electron chi connectivity index (χ2n) is 7.36. The number of nitrogens with one attached hydrogen (secondary N) is 2. The first-order valence-electron chi connectivity index (χ1n) is 9.61. The minimum Gasteiger partial charge on any atom is -0.326 e. The zero-order valence-electron chi connectivity index (χ0n) is 16.8. The highest BCUT2D eigenvalue weighted by Crippen LogP contribution is 2.28. The lowest BCUT2D eigenvalue weighted by atomic mass is 9.97. The smallest absolute Gasteiger partial charge is 0.243 e. The van der Waals surface area contributed by atoms with Crippen LogP contribution in [0.1, 0.15) is 25.3 Å². The lowest BCUT2D eigenvalue weighted by molar-refractivity contribution is -0.121.